The number of rotatable bonds is 5. The summed E-state index contributed by atoms with van der Waals surface area (Å²) in [5.41, 5.74) is 6.45. The van der Waals surface area contributed by atoms with Crippen LogP contribution in [0.15, 0.2) is 17.5 Å². The SMILES string of the molecule is CC1CCCC(CN)(N(C)C(C)Cc2cccs2)CC1. The van der Waals surface area contributed by atoms with Crippen molar-refractivity contribution >= 4 is 11.3 Å². The monoisotopic (exact) mass is 294 g/mol. The molecule has 0 bridgehead atoms. The Morgan fingerprint density at radius 3 is 2.90 bits per heavy atom. The van der Waals surface area contributed by atoms with Gasteiger partial charge in [0.1, 0.15) is 0 Å². The van der Waals surface area contributed by atoms with Crippen LogP contribution in [0.1, 0.15) is 50.8 Å². The maximum Gasteiger partial charge on any atom is 0.0331 e. The van der Waals surface area contributed by atoms with Crippen molar-refractivity contribution in [3.05, 3.63) is 22.4 Å². The van der Waals surface area contributed by atoms with Crippen molar-refractivity contribution in [2.45, 2.75) is 64.0 Å². The Morgan fingerprint density at radius 1 is 1.45 bits per heavy atom. The molecule has 0 spiro atoms. The van der Waals surface area contributed by atoms with Crippen molar-refractivity contribution < 1.29 is 0 Å². The Balaban J connectivity index is 2.05. The third-order valence-electron chi connectivity index (χ3n) is 5.31. The van der Waals surface area contributed by atoms with Gasteiger partial charge in [-0.3, -0.25) is 4.90 Å². The van der Waals surface area contributed by atoms with Crippen molar-refractivity contribution in [1.29, 1.82) is 0 Å². The largest absolute Gasteiger partial charge is 0.329 e. The van der Waals surface area contributed by atoms with Crippen LogP contribution in [0.3, 0.4) is 0 Å². The van der Waals surface area contributed by atoms with Gasteiger partial charge in [-0.15, -0.1) is 11.3 Å². The van der Waals surface area contributed by atoms with E-state index in [1.165, 1.54) is 37.0 Å². The number of thiophene rings is 1. The van der Waals surface area contributed by atoms with Gasteiger partial charge < -0.3 is 5.73 Å². The first-order valence-electron chi connectivity index (χ1n) is 8.03. The zero-order valence-corrected chi connectivity index (χ0v) is 14.1. The highest BCUT2D eigenvalue weighted by Crippen LogP contribution is 2.35. The summed E-state index contributed by atoms with van der Waals surface area (Å²) in [6, 6.07) is 4.96. The van der Waals surface area contributed by atoms with Crippen LogP contribution in [0.2, 0.25) is 0 Å². The van der Waals surface area contributed by atoms with E-state index in [0.717, 1.165) is 18.9 Å². The van der Waals surface area contributed by atoms with Gasteiger partial charge in [-0.1, -0.05) is 25.8 Å². The fourth-order valence-electron chi connectivity index (χ4n) is 3.59. The zero-order valence-electron chi connectivity index (χ0n) is 13.3. The first-order chi connectivity index (χ1) is 9.57. The fourth-order valence-corrected chi connectivity index (χ4v) is 4.42. The van der Waals surface area contributed by atoms with Gasteiger partial charge in [0.2, 0.25) is 0 Å². The molecule has 2 N–H and O–H groups in total. The van der Waals surface area contributed by atoms with E-state index in [9.17, 15) is 0 Å². The minimum absolute atomic E-state index is 0.224. The molecule has 0 aromatic carbocycles. The fraction of sp³-hybridized carbons (Fsp3) is 0.765. The van der Waals surface area contributed by atoms with Gasteiger partial charge in [0, 0.05) is 23.0 Å². The third-order valence-corrected chi connectivity index (χ3v) is 6.21. The molecular weight excluding hydrogens is 264 g/mol. The van der Waals surface area contributed by atoms with Crippen LogP contribution in [0.5, 0.6) is 0 Å². The van der Waals surface area contributed by atoms with Crippen LogP contribution in [-0.2, 0) is 6.42 Å². The van der Waals surface area contributed by atoms with E-state index in [-0.39, 0.29) is 5.54 Å². The van der Waals surface area contributed by atoms with E-state index in [4.69, 9.17) is 5.73 Å². The lowest BCUT2D eigenvalue weighted by atomic mass is 9.86. The molecule has 0 aliphatic heterocycles. The Bertz CT molecular complexity index is 390. The predicted molar refractivity (Wildman–Crippen MR) is 89.3 cm³/mol. The normalized spacial score (nSPS) is 29.4. The van der Waals surface area contributed by atoms with Gasteiger partial charge in [-0.2, -0.15) is 0 Å². The topological polar surface area (TPSA) is 29.3 Å². The lowest BCUT2D eigenvalue weighted by molar-refractivity contribution is 0.0689. The first-order valence-corrected chi connectivity index (χ1v) is 8.91. The molecular formula is C17H30N2S. The lowest BCUT2D eigenvalue weighted by Gasteiger charge is -2.44. The molecule has 2 rings (SSSR count). The Kier molecular flexibility index (Phi) is 5.65. The summed E-state index contributed by atoms with van der Waals surface area (Å²) in [5, 5.41) is 2.17. The van der Waals surface area contributed by atoms with E-state index in [1.54, 1.807) is 0 Å². The summed E-state index contributed by atoms with van der Waals surface area (Å²) in [6.45, 7) is 5.54. The number of hydrogen-bond donors (Lipinski definition) is 1. The van der Waals surface area contributed by atoms with E-state index in [2.05, 4.69) is 43.3 Å². The summed E-state index contributed by atoms with van der Waals surface area (Å²) >= 11 is 1.87. The summed E-state index contributed by atoms with van der Waals surface area (Å²) in [5.74, 6) is 0.865. The molecule has 2 nitrogen and oxygen atoms in total. The Morgan fingerprint density at radius 2 is 2.25 bits per heavy atom. The van der Waals surface area contributed by atoms with Gasteiger partial charge in [0.25, 0.3) is 0 Å². The van der Waals surface area contributed by atoms with E-state index in [0.29, 0.717) is 6.04 Å². The average Bonchev–Trinajstić information content (AvgIpc) is 2.87. The lowest BCUT2D eigenvalue weighted by Crippen LogP contribution is -2.55. The highest BCUT2D eigenvalue weighted by atomic mass is 32.1. The number of nitrogens with zero attached hydrogens (tertiary/aromatic N) is 1. The van der Waals surface area contributed by atoms with E-state index < -0.39 is 0 Å². The molecule has 3 atom stereocenters. The van der Waals surface area contributed by atoms with Gasteiger partial charge in [-0.05, 0) is 57.0 Å². The molecule has 0 radical (unpaired) electrons. The van der Waals surface area contributed by atoms with Crippen LogP contribution in [0.25, 0.3) is 0 Å². The molecule has 3 heteroatoms. The quantitative estimate of drug-likeness (QED) is 0.834. The van der Waals surface area contributed by atoms with Crippen LogP contribution in [-0.4, -0.2) is 30.1 Å². The Hall–Kier alpha value is -0.380. The summed E-state index contributed by atoms with van der Waals surface area (Å²) in [4.78, 5) is 4.07. The molecule has 1 aromatic heterocycles. The standard InChI is InChI=1S/C17H30N2S/c1-14-6-4-9-17(13-18,10-8-14)19(3)15(2)12-16-7-5-11-20-16/h5,7,11,14-15H,4,6,8-10,12-13,18H2,1-3H3. The minimum atomic E-state index is 0.224. The zero-order chi connectivity index (χ0) is 14.6. The van der Waals surface area contributed by atoms with E-state index >= 15 is 0 Å². The van der Waals surface area contributed by atoms with Crippen molar-refractivity contribution in [2.75, 3.05) is 13.6 Å². The highest BCUT2D eigenvalue weighted by Gasteiger charge is 2.36. The van der Waals surface area contributed by atoms with Crippen molar-refractivity contribution in [3.63, 3.8) is 0 Å². The van der Waals surface area contributed by atoms with Crippen LogP contribution >= 0.6 is 11.3 Å². The van der Waals surface area contributed by atoms with Crippen LogP contribution in [0.4, 0.5) is 0 Å². The molecule has 20 heavy (non-hydrogen) atoms. The summed E-state index contributed by atoms with van der Waals surface area (Å²) in [7, 11) is 2.29. The second-order valence-corrected chi connectivity index (χ2v) is 7.74. The number of hydrogen-bond acceptors (Lipinski definition) is 3. The van der Waals surface area contributed by atoms with Gasteiger partial charge >= 0.3 is 0 Å². The molecule has 1 fully saturated rings. The van der Waals surface area contributed by atoms with Crippen molar-refractivity contribution in [3.8, 4) is 0 Å². The average molecular weight is 295 g/mol. The molecule has 1 heterocycles. The maximum absolute atomic E-state index is 6.23. The molecule has 0 amide bonds. The third kappa shape index (κ3) is 3.63. The highest BCUT2D eigenvalue weighted by molar-refractivity contribution is 7.09. The molecule has 1 saturated carbocycles. The summed E-state index contributed by atoms with van der Waals surface area (Å²) in [6.07, 6.45) is 7.69. The number of nitrogens with two attached hydrogens (primary N) is 1. The molecule has 1 aliphatic carbocycles. The van der Waals surface area contributed by atoms with Crippen LogP contribution < -0.4 is 5.73 Å². The summed E-state index contributed by atoms with van der Waals surface area (Å²) < 4.78 is 0. The van der Waals surface area contributed by atoms with Crippen molar-refractivity contribution in [1.82, 2.24) is 4.90 Å². The molecule has 1 aliphatic rings. The molecule has 114 valence electrons. The molecule has 1 aromatic rings. The van der Waals surface area contributed by atoms with Gasteiger partial charge in [-0.25, -0.2) is 0 Å². The minimum Gasteiger partial charge on any atom is -0.329 e. The first kappa shape index (κ1) is 16.0. The second kappa shape index (κ2) is 7.06. The molecule has 0 saturated heterocycles. The Labute approximate surface area is 128 Å². The van der Waals surface area contributed by atoms with E-state index in [1.807, 2.05) is 11.3 Å². The van der Waals surface area contributed by atoms with Gasteiger partial charge in [0.15, 0.2) is 0 Å². The number of likely N-dealkylation sites (N-methyl/N-ethyl adjacent to an activating group) is 1. The van der Waals surface area contributed by atoms with Gasteiger partial charge in [0.05, 0.1) is 0 Å². The maximum atomic E-state index is 6.23. The predicted octanol–water partition coefficient (Wildman–Crippen LogP) is 3.91. The van der Waals surface area contributed by atoms with Crippen molar-refractivity contribution in [2.24, 2.45) is 11.7 Å². The molecule has 3 unspecified atom stereocenters. The smallest absolute Gasteiger partial charge is 0.0331 e. The van der Waals surface area contributed by atoms with Crippen LogP contribution in [0, 0.1) is 5.92 Å². The second-order valence-electron chi connectivity index (χ2n) is 6.71.